The molecular formula is C21H28ClIN4O. The molecule has 1 amide bonds. The molecule has 0 saturated carbocycles. The summed E-state index contributed by atoms with van der Waals surface area (Å²) in [5.41, 5.74) is 2.99. The summed E-state index contributed by atoms with van der Waals surface area (Å²) in [7, 11) is 1.74. The Morgan fingerprint density at radius 1 is 1.07 bits per heavy atom. The average Bonchev–Trinajstić information content (AvgIpc) is 2.69. The molecule has 0 aliphatic carbocycles. The summed E-state index contributed by atoms with van der Waals surface area (Å²) in [4.78, 5) is 16.3. The molecule has 0 aliphatic heterocycles. The molecule has 7 heteroatoms. The number of aliphatic imine (C=N–C) groups is 1. The van der Waals surface area contributed by atoms with Gasteiger partial charge >= 0.3 is 0 Å². The summed E-state index contributed by atoms with van der Waals surface area (Å²) >= 11 is 5.91. The van der Waals surface area contributed by atoms with E-state index in [1.165, 1.54) is 0 Å². The number of halogens is 2. The third kappa shape index (κ3) is 8.06. The van der Waals surface area contributed by atoms with Crippen LogP contribution in [0.2, 0.25) is 5.02 Å². The van der Waals surface area contributed by atoms with Crippen molar-refractivity contribution in [2.45, 2.75) is 33.4 Å². The zero-order valence-electron chi connectivity index (χ0n) is 16.5. The van der Waals surface area contributed by atoms with E-state index < -0.39 is 0 Å². The van der Waals surface area contributed by atoms with Gasteiger partial charge in [0.15, 0.2) is 5.96 Å². The minimum absolute atomic E-state index is 0. The minimum Gasteiger partial charge on any atom is -0.352 e. The number of rotatable bonds is 7. The van der Waals surface area contributed by atoms with Crippen LogP contribution in [0.4, 0.5) is 5.69 Å². The molecule has 0 heterocycles. The van der Waals surface area contributed by atoms with Gasteiger partial charge in [0.05, 0.1) is 0 Å². The van der Waals surface area contributed by atoms with Gasteiger partial charge in [-0.2, -0.15) is 0 Å². The van der Waals surface area contributed by atoms with Gasteiger partial charge in [-0.1, -0.05) is 49.7 Å². The number of guanidine groups is 1. The third-order valence-electron chi connectivity index (χ3n) is 4.31. The summed E-state index contributed by atoms with van der Waals surface area (Å²) in [5, 5.41) is 10.2. The van der Waals surface area contributed by atoms with Gasteiger partial charge < -0.3 is 16.0 Å². The van der Waals surface area contributed by atoms with Gasteiger partial charge in [0.25, 0.3) is 0 Å². The highest BCUT2D eigenvalue weighted by Gasteiger charge is 2.10. The lowest BCUT2D eigenvalue weighted by molar-refractivity contribution is -0.119. The number of carbonyl (C=O) groups excluding carboxylic acids is 1. The van der Waals surface area contributed by atoms with E-state index in [4.69, 9.17) is 11.6 Å². The Labute approximate surface area is 189 Å². The highest BCUT2D eigenvalue weighted by atomic mass is 127. The molecule has 1 unspecified atom stereocenters. The Kier molecular flexibility index (Phi) is 10.9. The quantitative estimate of drug-likeness (QED) is 0.282. The van der Waals surface area contributed by atoms with Crippen LogP contribution >= 0.6 is 35.6 Å². The summed E-state index contributed by atoms with van der Waals surface area (Å²) in [5.74, 6) is 0.754. The molecule has 5 nitrogen and oxygen atoms in total. The van der Waals surface area contributed by atoms with Crippen LogP contribution in [0.3, 0.4) is 0 Å². The maximum Gasteiger partial charge on any atom is 0.227 e. The van der Waals surface area contributed by atoms with Gasteiger partial charge in [-0.25, -0.2) is 0 Å². The number of nitrogens with zero attached hydrogens (tertiary/aromatic N) is 1. The zero-order valence-corrected chi connectivity index (χ0v) is 19.5. The second-order valence-electron chi connectivity index (χ2n) is 6.40. The Balaban J connectivity index is 0.00000392. The van der Waals surface area contributed by atoms with E-state index in [-0.39, 0.29) is 35.8 Å². The fourth-order valence-electron chi connectivity index (χ4n) is 2.40. The smallest absolute Gasteiger partial charge is 0.227 e. The maximum absolute atomic E-state index is 12.0. The molecule has 1 atom stereocenters. The fourth-order valence-corrected chi connectivity index (χ4v) is 2.53. The van der Waals surface area contributed by atoms with Crippen LogP contribution in [0.25, 0.3) is 0 Å². The van der Waals surface area contributed by atoms with Crippen molar-refractivity contribution in [1.82, 2.24) is 10.6 Å². The molecule has 2 rings (SSSR count). The minimum atomic E-state index is 0. The van der Waals surface area contributed by atoms with E-state index in [0.717, 1.165) is 28.3 Å². The van der Waals surface area contributed by atoms with Gasteiger partial charge in [-0.3, -0.25) is 9.79 Å². The van der Waals surface area contributed by atoms with E-state index in [2.05, 4.69) is 20.9 Å². The van der Waals surface area contributed by atoms with Crippen molar-refractivity contribution in [2.75, 3.05) is 12.4 Å². The van der Waals surface area contributed by atoms with Crippen LogP contribution < -0.4 is 16.0 Å². The van der Waals surface area contributed by atoms with Gasteiger partial charge in [-0.15, -0.1) is 24.0 Å². The SMILES string of the molecule is CCC(C)C(=O)Nc1cccc(CNC(=NC)NCc2ccc(Cl)cc2)c1.I. The number of benzene rings is 2. The Morgan fingerprint density at radius 2 is 1.71 bits per heavy atom. The molecule has 0 aliphatic rings. The van der Waals surface area contributed by atoms with Crippen molar-refractivity contribution in [2.24, 2.45) is 10.9 Å². The van der Waals surface area contributed by atoms with Gasteiger partial charge in [-0.05, 0) is 41.8 Å². The number of carbonyl (C=O) groups is 1. The molecule has 0 spiro atoms. The number of anilines is 1. The summed E-state index contributed by atoms with van der Waals surface area (Å²) in [6.07, 6.45) is 0.822. The monoisotopic (exact) mass is 514 g/mol. The molecule has 0 fully saturated rings. The molecule has 28 heavy (non-hydrogen) atoms. The topological polar surface area (TPSA) is 65.5 Å². The molecule has 152 valence electrons. The molecule has 3 N–H and O–H groups in total. The van der Waals surface area contributed by atoms with Gasteiger partial charge in [0.1, 0.15) is 0 Å². The van der Waals surface area contributed by atoms with Crippen molar-refractivity contribution in [3.63, 3.8) is 0 Å². The first-order valence-corrected chi connectivity index (χ1v) is 9.48. The van der Waals surface area contributed by atoms with E-state index >= 15 is 0 Å². The van der Waals surface area contributed by atoms with Crippen LogP contribution in [0.1, 0.15) is 31.4 Å². The lowest BCUT2D eigenvalue weighted by atomic mass is 10.1. The Hall–Kier alpha value is -1.80. The number of hydrogen-bond acceptors (Lipinski definition) is 2. The lowest BCUT2D eigenvalue weighted by Crippen LogP contribution is -2.36. The molecule has 0 saturated heterocycles. The Bertz CT molecular complexity index is 780. The van der Waals surface area contributed by atoms with Crippen LogP contribution in [-0.2, 0) is 17.9 Å². The van der Waals surface area contributed by atoms with Crippen molar-refractivity contribution < 1.29 is 4.79 Å². The molecule has 0 aromatic heterocycles. The first-order chi connectivity index (χ1) is 13.0. The second kappa shape index (κ2) is 12.6. The van der Waals surface area contributed by atoms with Crippen molar-refractivity contribution in [1.29, 1.82) is 0 Å². The average molecular weight is 515 g/mol. The highest BCUT2D eigenvalue weighted by molar-refractivity contribution is 14.0. The van der Waals surface area contributed by atoms with Crippen LogP contribution in [-0.4, -0.2) is 18.9 Å². The number of hydrogen-bond donors (Lipinski definition) is 3. The molecule has 2 aromatic rings. The standard InChI is InChI=1S/C21H27ClN4O.HI/c1-4-15(2)20(27)26-19-7-5-6-17(12-19)14-25-21(23-3)24-13-16-8-10-18(22)11-9-16;/h5-12,15H,4,13-14H2,1-3H3,(H,26,27)(H2,23,24,25);1H. The summed E-state index contributed by atoms with van der Waals surface area (Å²) in [6, 6.07) is 15.5. The largest absolute Gasteiger partial charge is 0.352 e. The first-order valence-electron chi connectivity index (χ1n) is 9.10. The van der Waals surface area contributed by atoms with E-state index in [1.54, 1.807) is 7.05 Å². The summed E-state index contributed by atoms with van der Waals surface area (Å²) in [6.45, 7) is 5.19. The fraction of sp³-hybridized carbons (Fsp3) is 0.333. The molecular weight excluding hydrogens is 487 g/mol. The van der Waals surface area contributed by atoms with Crippen LogP contribution in [0.5, 0.6) is 0 Å². The first kappa shape index (κ1) is 24.2. The Morgan fingerprint density at radius 3 is 2.32 bits per heavy atom. The molecule has 0 bridgehead atoms. The third-order valence-corrected chi connectivity index (χ3v) is 4.56. The van der Waals surface area contributed by atoms with Crippen LogP contribution in [0, 0.1) is 5.92 Å². The van der Waals surface area contributed by atoms with Crippen molar-refractivity contribution in [3.05, 3.63) is 64.7 Å². The van der Waals surface area contributed by atoms with E-state index in [0.29, 0.717) is 19.0 Å². The highest BCUT2D eigenvalue weighted by Crippen LogP contribution is 2.13. The lowest BCUT2D eigenvalue weighted by Gasteiger charge is -2.14. The predicted octanol–water partition coefficient (Wildman–Crippen LogP) is 4.81. The molecule has 2 aromatic carbocycles. The second-order valence-corrected chi connectivity index (χ2v) is 6.84. The number of nitrogens with one attached hydrogen (secondary N) is 3. The van der Waals surface area contributed by atoms with Crippen LogP contribution in [0.15, 0.2) is 53.5 Å². The van der Waals surface area contributed by atoms with Gasteiger partial charge in [0.2, 0.25) is 5.91 Å². The van der Waals surface area contributed by atoms with E-state index in [1.807, 2.05) is 62.4 Å². The maximum atomic E-state index is 12.0. The molecule has 0 radical (unpaired) electrons. The van der Waals surface area contributed by atoms with E-state index in [9.17, 15) is 4.79 Å². The number of amides is 1. The van der Waals surface area contributed by atoms with Crippen molar-refractivity contribution in [3.8, 4) is 0 Å². The van der Waals surface area contributed by atoms with Crippen molar-refractivity contribution >= 4 is 53.1 Å². The zero-order chi connectivity index (χ0) is 19.6. The van der Waals surface area contributed by atoms with Gasteiger partial charge in [0, 0.05) is 36.8 Å². The normalized spacial score (nSPS) is 11.9. The predicted molar refractivity (Wildman–Crippen MR) is 128 cm³/mol. The summed E-state index contributed by atoms with van der Waals surface area (Å²) < 4.78 is 0.